The van der Waals surface area contributed by atoms with Crippen molar-refractivity contribution in [1.29, 1.82) is 0 Å². The maximum absolute atomic E-state index is 11.8. The van der Waals surface area contributed by atoms with Crippen LogP contribution in [0.25, 0.3) is 6.08 Å². The van der Waals surface area contributed by atoms with Crippen LogP contribution in [-0.2, 0) is 4.79 Å². The highest BCUT2D eigenvalue weighted by molar-refractivity contribution is 6.30. The van der Waals surface area contributed by atoms with Gasteiger partial charge in [-0.25, -0.2) is 0 Å². The van der Waals surface area contributed by atoms with E-state index in [-0.39, 0.29) is 17.9 Å². The van der Waals surface area contributed by atoms with Crippen LogP contribution in [0.4, 0.5) is 0 Å². The Balaban J connectivity index is 2.53. The van der Waals surface area contributed by atoms with Gasteiger partial charge in [0.1, 0.15) is 0 Å². The minimum Gasteiger partial charge on any atom is -0.396 e. The number of amides is 1. The summed E-state index contributed by atoms with van der Waals surface area (Å²) in [7, 11) is 0. The van der Waals surface area contributed by atoms with Crippen LogP contribution in [0.2, 0.25) is 5.02 Å². The molecule has 0 radical (unpaired) electrons. The zero-order valence-corrected chi connectivity index (χ0v) is 12.8. The monoisotopic (exact) mass is 295 g/mol. The van der Waals surface area contributed by atoms with Crippen LogP contribution in [0.5, 0.6) is 0 Å². The van der Waals surface area contributed by atoms with Crippen molar-refractivity contribution < 1.29 is 9.90 Å². The summed E-state index contributed by atoms with van der Waals surface area (Å²) in [5, 5.41) is 13.0. The van der Waals surface area contributed by atoms with Crippen molar-refractivity contribution in [1.82, 2.24) is 5.32 Å². The van der Waals surface area contributed by atoms with Gasteiger partial charge in [0.2, 0.25) is 5.91 Å². The minimum absolute atomic E-state index is 0.0845. The topological polar surface area (TPSA) is 49.3 Å². The Hall–Kier alpha value is -1.32. The summed E-state index contributed by atoms with van der Waals surface area (Å²) in [6, 6.07) is 7.26. The maximum Gasteiger partial charge on any atom is 0.244 e. The number of aliphatic hydroxyl groups excluding tert-OH is 1. The molecular weight excluding hydrogens is 274 g/mol. The molecule has 0 aliphatic rings. The van der Waals surface area contributed by atoms with E-state index in [1.807, 2.05) is 26.0 Å². The summed E-state index contributed by atoms with van der Waals surface area (Å²) < 4.78 is 0. The molecule has 0 aromatic heterocycles. The number of benzene rings is 1. The van der Waals surface area contributed by atoms with Crippen LogP contribution >= 0.6 is 11.6 Å². The second-order valence-electron chi connectivity index (χ2n) is 4.97. The number of rotatable bonds is 7. The molecule has 3 nitrogen and oxygen atoms in total. The first-order valence-electron chi connectivity index (χ1n) is 6.87. The van der Waals surface area contributed by atoms with Crippen molar-refractivity contribution in [3.8, 4) is 0 Å². The molecule has 0 atom stereocenters. The van der Waals surface area contributed by atoms with Crippen molar-refractivity contribution in [3.05, 3.63) is 40.9 Å². The first-order chi connectivity index (χ1) is 9.55. The zero-order valence-electron chi connectivity index (χ0n) is 12.0. The van der Waals surface area contributed by atoms with Crippen LogP contribution in [0.3, 0.4) is 0 Å². The molecule has 1 aromatic rings. The number of carbonyl (C=O) groups excluding carboxylic acids is 1. The van der Waals surface area contributed by atoms with Crippen molar-refractivity contribution in [2.75, 3.05) is 13.2 Å². The van der Waals surface area contributed by atoms with E-state index in [2.05, 4.69) is 5.32 Å². The highest BCUT2D eigenvalue weighted by Gasteiger charge is 2.25. The molecule has 2 N–H and O–H groups in total. The Morgan fingerprint density at radius 3 is 2.40 bits per heavy atom. The van der Waals surface area contributed by atoms with Crippen molar-refractivity contribution in [2.45, 2.75) is 26.7 Å². The molecule has 1 aromatic carbocycles. The quantitative estimate of drug-likeness (QED) is 0.759. The Morgan fingerprint density at radius 1 is 1.30 bits per heavy atom. The summed E-state index contributed by atoms with van der Waals surface area (Å²) in [5.41, 5.74) is 0.702. The van der Waals surface area contributed by atoms with Gasteiger partial charge >= 0.3 is 0 Å². The van der Waals surface area contributed by atoms with Gasteiger partial charge in [0.05, 0.1) is 6.61 Å². The first kappa shape index (κ1) is 16.7. The predicted molar refractivity (Wildman–Crippen MR) is 83.6 cm³/mol. The normalized spacial score (nSPS) is 11.8. The molecule has 0 spiro atoms. The third-order valence-corrected chi connectivity index (χ3v) is 4.02. The molecular formula is C16H22ClNO2. The van der Waals surface area contributed by atoms with Crippen LogP contribution in [0.1, 0.15) is 32.3 Å². The van der Waals surface area contributed by atoms with Gasteiger partial charge in [-0.05, 0) is 36.6 Å². The highest BCUT2D eigenvalue weighted by Crippen LogP contribution is 2.24. The second-order valence-corrected chi connectivity index (χ2v) is 5.40. The molecule has 0 fully saturated rings. The molecule has 1 rings (SSSR count). The predicted octanol–water partition coefficient (Wildman–Crippen LogP) is 3.27. The summed E-state index contributed by atoms with van der Waals surface area (Å²) in [4.78, 5) is 11.8. The molecule has 0 bridgehead atoms. The lowest BCUT2D eigenvalue weighted by molar-refractivity contribution is -0.117. The highest BCUT2D eigenvalue weighted by atomic mass is 35.5. The van der Waals surface area contributed by atoms with Gasteiger partial charge in [0, 0.05) is 23.1 Å². The number of aliphatic hydroxyl groups is 1. The Kier molecular flexibility index (Phi) is 6.76. The van der Waals surface area contributed by atoms with E-state index in [0.29, 0.717) is 11.6 Å². The molecule has 0 aliphatic carbocycles. The molecule has 0 aliphatic heterocycles. The summed E-state index contributed by atoms with van der Waals surface area (Å²) in [5.74, 6) is -0.153. The SMILES string of the molecule is CCC(CC)(CO)CNC(=O)/C=C/c1ccc(Cl)cc1. The van der Waals surface area contributed by atoms with E-state index in [4.69, 9.17) is 11.6 Å². The molecule has 20 heavy (non-hydrogen) atoms. The Morgan fingerprint density at radius 2 is 1.90 bits per heavy atom. The smallest absolute Gasteiger partial charge is 0.244 e. The molecule has 0 saturated carbocycles. The Bertz CT molecular complexity index is 442. The van der Waals surface area contributed by atoms with E-state index in [0.717, 1.165) is 18.4 Å². The summed E-state index contributed by atoms with van der Waals surface area (Å²) in [6.07, 6.45) is 4.91. The molecule has 0 unspecified atom stereocenters. The minimum atomic E-state index is -0.218. The van der Waals surface area contributed by atoms with Crippen LogP contribution in [0.15, 0.2) is 30.3 Å². The average molecular weight is 296 g/mol. The number of carbonyl (C=O) groups is 1. The van der Waals surface area contributed by atoms with E-state index < -0.39 is 0 Å². The van der Waals surface area contributed by atoms with E-state index in [9.17, 15) is 9.90 Å². The largest absolute Gasteiger partial charge is 0.396 e. The lowest BCUT2D eigenvalue weighted by Gasteiger charge is -2.29. The molecule has 110 valence electrons. The lowest BCUT2D eigenvalue weighted by Crippen LogP contribution is -2.38. The van der Waals surface area contributed by atoms with E-state index in [1.54, 1.807) is 18.2 Å². The van der Waals surface area contributed by atoms with Crippen LogP contribution < -0.4 is 5.32 Å². The molecule has 4 heteroatoms. The summed E-state index contributed by atoms with van der Waals surface area (Å²) in [6.45, 7) is 4.62. The molecule has 1 amide bonds. The van der Waals surface area contributed by atoms with E-state index >= 15 is 0 Å². The van der Waals surface area contributed by atoms with Gasteiger partial charge in [-0.2, -0.15) is 0 Å². The fraction of sp³-hybridized carbons (Fsp3) is 0.438. The maximum atomic E-state index is 11.8. The van der Waals surface area contributed by atoms with Gasteiger partial charge in [-0.1, -0.05) is 37.6 Å². The van der Waals surface area contributed by atoms with Gasteiger partial charge in [-0.3, -0.25) is 4.79 Å². The zero-order chi connectivity index (χ0) is 15.0. The van der Waals surface area contributed by atoms with Crippen molar-refractivity contribution in [3.63, 3.8) is 0 Å². The second kappa shape index (κ2) is 8.08. The molecule has 0 saturated heterocycles. The number of hydrogen-bond acceptors (Lipinski definition) is 2. The lowest BCUT2D eigenvalue weighted by atomic mass is 9.83. The number of hydrogen-bond donors (Lipinski definition) is 2. The van der Waals surface area contributed by atoms with Gasteiger partial charge in [0.25, 0.3) is 0 Å². The summed E-state index contributed by atoms with van der Waals surface area (Å²) >= 11 is 5.80. The Labute approximate surface area is 125 Å². The van der Waals surface area contributed by atoms with E-state index in [1.165, 1.54) is 6.08 Å². The average Bonchev–Trinajstić information content (AvgIpc) is 2.48. The third-order valence-electron chi connectivity index (χ3n) is 3.77. The fourth-order valence-electron chi connectivity index (χ4n) is 1.86. The van der Waals surface area contributed by atoms with Gasteiger partial charge in [-0.15, -0.1) is 0 Å². The third kappa shape index (κ3) is 4.99. The van der Waals surface area contributed by atoms with Crippen LogP contribution in [-0.4, -0.2) is 24.2 Å². The van der Waals surface area contributed by atoms with Gasteiger partial charge < -0.3 is 10.4 Å². The number of halogens is 1. The van der Waals surface area contributed by atoms with Gasteiger partial charge in [0.15, 0.2) is 0 Å². The fourth-order valence-corrected chi connectivity index (χ4v) is 1.98. The van der Waals surface area contributed by atoms with Crippen molar-refractivity contribution >= 4 is 23.6 Å². The van der Waals surface area contributed by atoms with Crippen molar-refractivity contribution in [2.24, 2.45) is 5.41 Å². The number of nitrogens with one attached hydrogen (secondary N) is 1. The standard InChI is InChI=1S/C16H22ClNO2/c1-3-16(4-2,12-19)11-18-15(20)10-7-13-5-8-14(17)9-6-13/h5-10,19H,3-4,11-12H2,1-2H3,(H,18,20)/b10-7+. The molecule has 0 heterocycles. The first-order valence-corrected chi connectivity index (χ1v) is 7.25. The van der Waals surface area contributed by atoms with Crippen LogP contribution in [0, 0.1) is 5.41 Å².